The molecule has 0 aliphatic heterocycles. The maximum Gasteiger partial charge on any atom is 0.326 e. The third kappa shape index (κ3) is 7.16. The van der Waals surface area contributed by atoms with Crippen LogP contribution in [0.4, 0.5) is 0 Å². The Kier molecular flexibility index (Phi) is 7.76. The van der Waals surface area contributed by atoms with Gasteiger partial charge >= 0.3 is 5.97 Å². The van der Waals surface area contributed by atoms with Gasteiger partial charge in [0, 0.05) is 25.4 Å². The number of ether oxygens (including phenoxy) is 1. The van der Waals surface area contributed by atoms with Crippen LogP contribution in [-0.4, -0.2) is 35.2 Å². The molecule has 0 saturated heterocycles. The normalized spacial score (nSPS) is 12.6. The van der Waals surface area contributed by atoms with Gasteiger partial charge in [0.15, 0.2) is 0 Å². The highest BCUT2D eigenvalue weighted by Gasteiger charge is 2.24. The fraction of sp³-hybridized carbons (Fsp3) is 0.391. The molecule has 0 spiro atoms. The topological polar surface area (TPSA) is 75.6 Å². The minimum atomic E-state index is -1.05. The van der Waals surface area contributed by atoms with Crippen LogP contribution in [0.25, 0.3) is 0 Å². The first kappa shape index (κ1) is 21.6. The summed E-state index contributed by atoms with van der Waals surface area (Å²) in [6.45, 7) is 5.99. The highest BCUT2D eigenvalue weighted by atomic mass is 16.5. The number of rotatable bonds is 9. The van der Waals surface area contributed by atoms with E-state index in [1.54, 1.807) is 0 Å². The molecule has 0 aliphatic carbocycles. The number of nitrogens with one attached hydrogen (secondary N) is 1. The molecule has 2 aromatic rings. The molecule has 5 heteroatoms. The van der Waals surface area contributed by atoms with Gasteiger partial charge < -0.3 is 15.2 Å². The lowest BCUT2D eigenvalue weighted by Crippen LogP contribution is -2.42. The molecule has 2 rings (SSSR count). The molecule has 0 aromatic heterocycles. The number of carbonyl (C=O) groups excluding carboxylic acids is 1. The predicted molar refractivity (Wildman–Crippen MR) is 109 cm³/mol. The van der Waals surface area contributed by atoms with Crippen LogP contribution in [0.15, 0.2) is 60.7 Å². The zero-order valence-corrected chi connectivity index (χ0v) is 16.7. The summed E-state index contributed by atoms with van der Waals surface area (Å²) >= 11 is 0. The van der Waals surface area contributed by atoms with Crippen LogP contribution in [0.2, 0.25) is 0 Å². The number of carboxylic acids is 1. The first-order valence-corrected chi connectivity index (χ1v) is 9.52. The van der Waals surface area contributed by atoms with Crippen molar-refractivity contribution in [3.8, 4) is 0 Å². The van der Waals surface area contributed by atoms with Crippen LogP contribution >= 0.6 is 0 Å². The van der Waals surface area contributed by atoms with E-state index >= 15 is 0 Å². The standard InChI is InChI=1S/C23H29NO4/c1-23(2,3)28-15-14-20(22(26)27)24-21(25)16-19(17-10-6-4-7-11-17)18-12-8-5-9-13-18/h4-13,19-20H,14-16H2,1-3H3,(H,24,25)(H,26,27). The summed E-state index contributed by atoms with van der Waals surface area (Å²) in [5, 5.41) is 12.1. The van der Waals surface area contributed by atoms with Gasteiger partial charge in [0.2, 0.25) is 5.91 Å². The molecule has 2 aromatic carbocycles. The molecule has 0 bridgehead atoms. The highest BCUT2D eigenvalue weighted by Crippen LogP contribution is 2.27. The van der Waals surface area contributed by atoms with Gasteiger partial charge in [-0.3, -0.25) is 4.79 Å². The lowest BCUT2D eigenvalue weighted by molar-refractivity contribution is -0.142. The molecule has 2 N–H and O–H groups in total. The predicted octanol–water partition coefficient (Wildman–Crippen LogP) is 3.98. The molecule has 0 radical (unpaired) electrons. The third-order valence-electron chi connectivity index (χ3n) is 4.37. The number of carboxylic acid groups (broad SMARTS) is 1. The molecule has 0 heterocycles. The Hall–Kier alpha value is -2.66. The Bertz CT molecular complexity index is 714. The van der Waals surface area contributed by atoms with Crippen molar-refractivity contribution in [1.82, 2.24) is 5.32 Å². The van der Waals surface area contributed by atoms with Crippen molar-refractivity contribution >= 4 is 11.9 Å². The minimum absolute atomic E-state index is 0.136. The van der Waals surface area contributed by atoms with Gasteiger partial charge in [-0.25, -0.2) is 4.79 Å². The van der Waals surface area contributed by atoms with Crippen LogP contribution in [0.1, 0.15) is 50.7 Å². The van der Waals surface area contributed by atoms with E-state index in [1.807, 2.05) is 81.4 Å². The van der Waals surface area contributed by atoms with Crippen molar-refractivity contribution in [1.29, 1.82) is 0 Å². The summed E-state index contributed by atoms with van der Waals surface area (Å²) in [6, 6.07) is 18.6. The van der Waals surface area contributed by atoms with Crippen LogP contribution in [0.5, 0.6) is 0 Å². The van der Waals surface area contributed by atoms with E-state index in [9.17, 15) is 14.7 Å². The summed E-state index contributed by atoms with van der Waals surface area (Å²) < 4.78 is 5.60. The summed E-state index contributed by atoms with van der Waals surface area (Å²) in [7, 11) is 0. The number of hydrogen-bond donors (Lipinski definition) is 2. The lowest BCUT2D eigenvalue weighted by atomic mass is 9.88. The first-order chi connectivity index (χ1) is 13.3. The zero-order valence-electron chi connectivity index (χ0n) is 16.7. The van der Waals surface area contributed by atoms with Gasteiger partial charge in [-0.2, -0.15) is 0 Å². The molecular weight excluding hydrogens is 354 g/mol. The number of hydrogen-bond acceptors (Lipinski definition) is 3. The van der Waals surface area contributed by atoms with Crippen molar-refractivity contribution in [2.75, 3.05) is 6.61 Å². The van der Waals surface area contributed by atoms with Crippen LogP contribution in [-0.2, 0) is 14.3 Å². The lowest BCUT2D eigenvalue weighted by Gasteiger charge is -2.22. The Morgan fingerprint density at radius 1 is 0.964 bits per heavy atom. The maximum absolute atomic E-state index is 12.7. The van der Waals surface area contributed by atoms with Crippen molar-refractivity contribution in [2.24, 2.45) is 0 Å². The number of amides is 1. The average molecular weight is 383 g/mol. The quantitative estimate of drug-likeness (QED) is 0.687. The second kappa shape index (κ2) is 10.0. The number of benzene rings is 2. The van der Waals surface area contributed by atoms with E-state index in [-0.39, 0.29) is 36.9 Å². The number of aliphatic carboxylic acids is 1. The summed E-state index contributed by atoms with van der Waals surface area (Å²) in [6.07, 6.45) is 0.400. The van der Waals surface area contributed by atoms with Gasteiger partial charge in [0.05, 0.1) is 5.60 Å². The molecule has 5 nitrogen and oxygen atoms in total. The highest BCUT2D eigenvalue weighted by molar-refractivity contribution is 5.84. The van der Waals surface area contributed by atoms with E-state index in [0.29, 0.717) is 0 Å². The molecule has 1 unspecified atom stereocenters. The SMILES string of the molecule is CC(C)(C)OCCC(NC(=O)CC(c1ccccc1)c1ccccc1)C(=O)O. The van der Waals surface area contributed by atoms with E-state index in [2.05, 4.69) is 5.32 Å². The van der Waals surface area contributed by atoms with Crippen LogP contribution in [0, 0.1) is 0 Å². The van der Waals surface area contributed by atoms with Gasteiger partial charge in [-0.1, -0.05) is 60.7 Å². The smallest absolute Gasteiger partial charge is 0.326 e. The van der Waals surface area contributed by atoms with Gasteiger partial charge in [-0.05, 0) is 31.9 Å². The van der Waals surface area contributed by atoms with Crippen molar-refractivity contribution in [3.05, 3.63) is 71.8 Å². The first-order valence-electron chi connectivity index (χ1n) is 9.52. The Balaban J connectivity index is 2.06. The van der Waals surface area contributed by atoms with Crippen molar-refractivity contribution in [2.45, 2.75) is 51.2 Å². The van der Waals surface area contributed by atoms with Crippen LogP contribution in [0.3, 0.4) is 0 Å². The molecule has 0 saturated carbocycles. The molecule has 1 amide bonds. The van der Waals surface area contributed by atoms with Crippen molar-refractivity contribution < 1.29 is 19.4 Å². The average Bonchev–Trinajstić information content (AvgIpc) is 2.65. The Labute approximate surface area is 166 Å². The second-order valence-electron chi connectivity index (χ2n) is 7.79. The summed E-state index contributed by atoms with van der Waals surface area (Å²) in [4.78, 5) is 24.2. The third-order valence-corrected chi connectivity index (χ3v) is 4.37. The molecule has 1 atom stereocenters. The fourth-order valence-corrected chi connectivity index (χ4v) is 2.98. The largest absolute Gasteiger partial charge is 0.480 e. The minimum Gasteiger partial charge on any atom is -0.480 e. The molecular formula is C23H29NO4. The summed E-state index contributed by atoms with van der Waals surface area (Å²) in [5.41, 5.74) is 1.69. The van der Waals surface area contributed by atoms with Gasteiger partial charge in [0.1, 0.15) is 6.04 Å². The van der Waals surface area contributed by atoms with Gasteiger partial charge in [-0.15, -0.1) is 0 Å². The van der Waals surface area contributed by atoms with E-state index in [1.165, 1.54) is 0 Å². The maximum atomic E-state index is 12.7. The van der Waals surface area contributed by atoms with Crippen molar-refractivity contribution in [3.63, 3.8) is 0 Å². The monoisotopic (exact) mass is 383 g/mol. The second-order valence-corrected chi connectivity index (χ2v) is 7.79. The Morgan fingerprint density at radius 2 is 1.46 bits per heavy atom. The Morgan fingerprint density at radius 3 is 1.89 bits per heavy atom. The fourth-order valence-electron chi connectivity index (χ4n) is 2.98. The summed E-state index contributed by atoms with van der Waals surface area (Å²) in [5.74, 6) is -1.48. The van der Waals surface area contributed by atoms with E-state index in [0.717, 1.165) is 11.1 Å². The van der Waals surface area contributed by atoms with Crippen LogP contribution < -0.4 is 5.32 Å². The zero-order chi connectivity index (χ0) is 20.6. The number of carbonyl (C=O) groups is 2. The molecule has 0 fully saturated rings. The molecule has 28 heavy (non-hydrogen) atoms. The molecule has 150 valence electrons. The van der Waals surface area contributed by atoms with Gasteiger partial charge in [0.25, 0.3) is 0 Å². The van der Waals surface area contributed by atoms with E-state index in [4.69, 9.17) is 4.74 Å². The molecule has 0 aliphatic rings. The van der Waals surface area contributed by atoms with E-state index < -0.39 is 12.0 Å².